The Morgan fingerprint density at radius 1 is 1.27 bits per heavy atom. The number of halogens is 2. The molecule has 124 valence electrons. The molecule has 3 nitrogen and oxygen atoms in total. The molecule has 1 aromatic carbocycles. The lowest BCUT2D eigenvalue weighted by molar-refractivity contribution is 0.0989. The largest absolute Gasteiger partial charge is 0.385 e. The van der Waals surface area contributed by atoms with E-state index in [1.54, 1.807) is 19.2 Å². The van der Waals surface area contributed by atoms with E-state index in [0.29, 0.717) is 24.8 Å². The van der Waals surface area contributed by atoms with Gasteiger partial charge >= 0.3 is 0 Å². The molecule has 0 N–H and O–H groups in total. The van der Waals surface area contributed by atoms with Crippen LogP contribution in [0.15, 0.2) is 18.2 Å². The molecule has 0 spiro atoms. The van der Waals surface area contributed by atoms with E-state index in [1.807, 2.05) is 0 Å². The molecule has 1 heterocycles. The van der Waals surface area contributed by atoms with Crippen molar-refractivity contribution in [1.82, 2.24) is 9.80 Å². The SMILES string of the molecule is COCCCN(Cc1cccc(F)c1F)C1CCN(C)CC1. The van der Waals surface area contributed by atoms with E-state index in [-0.39, 0.29) is 0 Å². The Bertz CT molecular complexity index is 462. The van der Waals surface area contributed by atoms with Gasteiger partial charge < -0.3 is 9.64 Å². The fourth-order valence-corrected chi connectivity index (χ4v) is 3.05. The second-order valence-corrected chi connectivity index (χ2v) is 6.06. The summed E-state index contributed by atoms with van der Waals surface area (Å²) in [7, 11) is 3.81. The highest BCUT2D eigenvalue weighted by Crippen LogP contribution is 2.21. The van der Waals surface area contributed by atoms with E-state index in [2.05, 4.69) is 16.8 Å². The molecule has 1 aliphatic heterocycles. The van der Waals surface area contributed by atoms with Gasteiger partial charge in [-0.05, 0) is 45.5 Å². The van der Waals surface area contributed by atoms with Crippen LogP contribution in [0.5, 0.6) is 0 Å². The number of piperidine rings is 1. The Morgan fingerprint density at radius 3 is 2.68 bits per heavy atom. The second-order valence-electron chi connectivity index (χ2n) is 6.06. The Labute approximate surface area is 131 Å². The van der Waals surface area contributed by atoms with Crippen LogP contribution in [-0.4, -0.2) is 56.2 Å². The van der Waals surface area contributed by atoms with Crippen molar-refractivity contribution in [1.29, 1.82) is 0 Å². The number of ether oxygens (including phenoxy) is 1. The highest BCUT2D eigenvalue weighted by molar-refractivity contribution is 5.19. The predicted molar refractivity (Wildman–Crippen MR) is 83.8 cm³/mol. The first-order valence-corrected chi connectivity index (χ1v) is 7.96. The average Bonchev–Trinajstić information content (AvgIpc) is 2.51. The lowest BCUT2D eigenvalue weighted by atomic mass is 10.0. The summed E-state index contributed by atoms with van der Waals surface area (Å²) in [4.78, 5) is 4.59. The third-order valence-electron chi connectivity index (χ3n) is 4.40. The summed E-state index contributed by atoms with van der Waals surface area (Å²) >= 11 is 0. The third kappa shape index (κ3) is 4.73. The van der Waals surface area contributed by atoms with Gasteiger partial charge in [0.05, 0.1) is 0 Å². The van der Waals surface area contributed by atoms with E-state index >= 15 is 0 Å². The molecule has 0 radical (unpaired) electrons. The van der Waals surface area contributed by atoms with Crippen LogP contribution in [0.2, 0.25) is 0 Å². The first kappa shape index (κ1) is 17.3. The number of likely N-dealkylation sites (tertiary alicyclic amines) is 1. The molecule has 0 amide bonds. The van der Waals surface area contributed by atoms with Crippen LogP contribution in [0.3, 0.4) is 0 Å². The van der Waals surface area contributed by atoms with Crippen LogP contribution in [-0.2, 0) is 11.3 Å². The van der Waals surface area contributed by atoms with Crippen molar-refractivity contribution in [3.05, 3.63) is 35.4 Å². The van der Waals surface area contributed by atoms with Crippen molar-refractivity contribution >= 4 is 0 Å². The number of nitrogens with zero attached hydrogens (tertiary/aromatic N) is 2. The summed E-state index contributed by atoms with van der Waals surface area (Å²) in [6.07, 6.45) is 3.04. The quantitative estimate of drug-likeness (QED) is 0.720. The van der Waals surface area contributed by atoms with Gasteiger partial charge in [-0.1, -0.05) is 12.1 Å². The molecule has 0 saturated carbocycles. The van der Waals surface area contributed by atoms with Gasteiger partial charge in [-0.15, -0.1) is 0 Å². The Kier molecular flexibility index (Phi) is 6.73. The van der Waals surface area contributed by atoms with E-state index in [9.17, 15) is 8.78 Å². The average molecular weight is 312 g/mol. The van der Waals surface area contributed by atoms with Gasteiger partial charge in [-0.25, -0.2) is 8.78 Å². The smallest absolute Gasteiger partial charge is 0.163 e. The van der Waals surface area contributed by atoms with Gasteiger partial charge in [-0.2, -0.15) is 0 Å². The zero-order chi connectivity index (χ0) is 15.9. The molecule has 1 fully saturated rings. The minimum atomic E-state index is -0.766. The molecule has 1 aromatic rings. The third-order valence-corrected chi connectivity index (χ3v) is 4.40. The summed E-state index contributed by atoms with van der Waals surface area (Å²) in [6.45, 7) is 4.10. The summed E-state index contributed by atoms with van der Waals surface area (Å²) in [5, 5.41) is 0. The maximum Gasteiger partial charge on any atom is 0.163 e. The minimum absolute atomic E-state index is 0.427. The highest BCUT2D eigenvalue weighted by atomic mass is 19.2. The standard InChI is InChI=1S/C17H26F2N2O/c1-20-10-7-15(8-11-20)21(9-4-12-22-2)13-14-5-3-6-16(18)17(14)19/h3,5-6,15H,4,7-13H2,1-2H3. The Hall–Kier alpha value is -1.04. The lowest BCUT2D eigenvalue weighted by Gasteiger charge is -2.37. The van der Waals surface area contributed by atoms with Crippen molar-refractivity contribution < 1.29 is 13.5 Å². The molecule has 0 aliphatic carbocycles. The molecule has 22 heavy (non-hydrogen) atoms. The van der Waals surface area contributed by atoms with Gasteiger partial charge in [0.25, 0.3) is 0 Å². The number of methoxy groups -OCH3 is 1. The number of hydrogen-bond donors (Lipinski definition) is 0. The molecular formula is C17H26F2N2O. The van der Waals surface area contributed by atoms with Crippen LogP contribution in [0.1, 0.15) is 24.8 Å². The zero-order valence-corrected chi connectivity index (χ0v) is 13.5. The van der Waals surface area contributed by atoms with Crippen LogP contribution in [0.4, 0.5) is 8.78 Å². The summed E-state index contributed by atoms with van der Waals surface area (Å²) in [6, 6.07) is 4.85. The second kappa shape index (κ2) is 8.56. The number of benzene rings is 1. The van der Waals surface area contributed by atoms with Gasteiger partial charge in [0.2, 0.25) is 0 Å². The van der Waals surface area contributed by atoms with E-state index in [1.165, 1.54) is 6.07 Å². The van der Waals surface area contributed by atoms with Crippen molar-refractivity contribution in [3.63, 3.8) is 0 Å². The maximum absolute atomic E-state index is 13.9. The minimum Gasteiger partial charge on any atom is -0.385 e. The highest BCUT2D eigenvalue weighted by Gasteiger charge is 2.24. The van der Waals surface area contributed by atoms with Gasteiger partial charge in [0.1, 0.15) is 0 Å². The van der Waals surface area contributed by atoms with Gasteiger partial charge in [-0.3, -0.25) is 4.90 Å². The predicted octanol–water partition coefficient (Wildman–Crippen LogP) is 2.90. The number of hydrogen-bond acceptors (Lipinski definition) is 3. The Morgan fingerprint density at radius 2 is 2.00 bits per heavy atom. The monoisotopic (exact) mass is 312 g/mol. The fraction of sp³-hybridized carbons (Fsp3) is 0.647. The fourth-order valence-electron chi connectivity index (χ4n) is 3.05. The normalized spacial score (nSPS) is 17.3. The van der Waals surface area contributed by atoms with Crippen LogP contribution < -0.4 is 0 Å². The molecule has 0 atom stereocenters. The van der Waals surface area contributed by atoms with Crippen molar-refractivity contribution in [2.24, 2.45) is 0 Å². The molecule has 5 heteroatoms. The van der Waals surface area contributed by atoms with Crippen molar-refractivity contribution in [2.75, 3.05) is 40.4 Å². The first-order chi connectivity index (χ1) is 10.6. The van der Waals surface area contributed by atoms with Crippen molar-refractivity contribution in [2.45, 2.75) is 31.8 Å². The molecule has 0 unspecified atom stereocenters. The van der Waals surface area contributed by atoms with Crippen molar-refractivity contribution in [3.8, 4) is 0 Å². The maximum atomic E-state index is 13.9. The molecule has 1 saturated heterocycles. The Balaban J connectivity index is 2.04. The molecule has 2 rings (SSSR count). The van der Waals surface area contributed by atoms with Crippen LogP contribution in [0.25, 0.3) is 0 Å². The summed E-state index contributed by atoms with van der Waals surface area (Å²) < 4.78 is 32.5. The molecule has 1 aliphatic rings. The van der Waals surface area contributed by atoms with E-state index < -0.39 is 11.6 Å². The zero-order valence-electron chi connectivity index (χ0n) is 13.5. The summed E-state index contributed by atoms with van der Waals surface area (Å²) in [5.74, 6) is -1.48. The molecule has 0 aromatic heterocycles. The van der Waals surface area contributed by atoms with E-state index in [0.717, 1.165) is 38.9 Å². The van der Waals surface area contributed by atoms with Crippen LogP contribution in [0, 0.1) is 11.6 Å². The topological polar surface area (TPSA) is 15.7 Å². The van der Waals surface area contributed by atoms with Gasteiger partial charge in [0.15, 0.2) is 11.6 Å². The number of rotatable bonds is 7. The van der Waals surface area contributed by atoms with Crippen LogP contribution >= 0.6 is 0 Å². The summed E-state index contributed by atoms with van der Waals surface area (Å²) in [5.41, 5.74) is 0.441. The lowest BCUT2D eigenvalue weighted by Crippen LogP contribution is -2.44. The first-order valence-electron chi connectivity index (χ1n) is 7.96. The molecule has 0 bridgehead atoms. The van der Waals surface area contributed by atoms with E-state index in [4.69, 9.17) is 4.74 Å². The van der Waals surface area contributed by atoms with Gasteiger partial charge in [0, 0.05) is 38.4 Å². The molecular weight excluding hydrogens is 286 g/mol.